The van der Waals surface area contributed by atoms with E-state index in [0.717, 1.165) is 10.6 Å². The summed E-state index contributed by atoms with van der Waals surface area (Å²) >= 11 is 0. The van der Waals surface area contributed by atoms with E-state index in [9.17, 15) is 24.5 Å². The van der Waals surface area contributed by atoms with Gasteiger partial charge in [-0.3, -0.25) is 33.7 Å². The molecule has 1 aromatic carbocycles. The second-order valence-electron chi connectivity index (χ2n) is 6.49. The maximum atomic E-state index is 12.8. The van der Waals surface area contributed by atoms with Crippen molar-refractivity contribution in [3.8, 4) is 5.69 Å². The molecule has 10 heteroatoms. The van der Waals surface area contributed by atoms with Crippen molar-refractivity contribution in [3.05, 3.63) is 84.7 Å². The van der Waals surface area contributed by atoms with Crippen LogP contribution in [0, 0.1) is 24.0 Å². The molecule has 0 saturated heterocycles. The fourth-order valence-corrected chi connectivity index (χ4v) is 3.03. The molecule has 0 spiro atoms. The SMILES string of the molecule is Cc1ccc([N+](=O)[O-])c(=O)n1CC(=O)Nc1c(C)n(C)n(-c2ccccc2)c1=O. The number of nitro groups is 1. The van der Waals surface area contributed by atoms with E-state index in [-0.39, 0.29) is 5.69 Å². The van der Waals surface area contributed by atoms with Gasteiger partial charge in [-0.05, 0) is 32.0 Å². The first-order valence-electron chi connectivity index (χ1n) is 8.71. The Bertz CT molecular complexity index is 1220. The van der Waals surface area contributed by atoms with Crippen LogP contribution in [0.2, 0.25) is 0 Å². The summed E-state index contributed by atoms with van der Waals surface area (Å²) in [6, 6.07) is 11.4. The number of carbonyl (C=O) groups is 1. The number of anilines is 1. The average molecular weight is 397 g/mol. The van der Waals surface area contributed by atoms with Crippen LogP contribution in [-0.4, -0.2) is 24.8 Å². The first-order valence-corrected chi connectivity index (χ1v) is 8.71. The van der Waals surface area contributed by atoms with E-state index in [1.54, 1.807) is 49.8 Å². The lowest BCUT2D eigenvalue weighted by Gasteiger charge is -2.09. The number of para-hydroxylation sites is 1. The minimum atomic E-state index is -0.878. The lowest BCUT2D eigenvalue weighted by atomic mass is 10.3. The van der Waals surface area contributed by atoms with Gasteiger partial charge in [0.2, 0.25) is 5.91 Å². The third kappa shape index (κ3) is 3.59. The molecule has 3 aromatic rings. The third-order valence-corrected chi connectivity index (χ3v) is 4.69. The van der Waals surface area contributed by atoms with Crippen molar-refractivity contribution < 1.29 is 9.72 Å². The van der Waals surface area contributed by atoms with Crippen LogP contribution in [0.3, 0.4) is 0 Å². The number of pyridine rings is 1. The Morgan fingerprint density at radius 1 is 1.07 bits per heavy atom. The van der Waals surface area contributed by atoms with Gasteiger partial charge in [-0.2, -0.15) is 0 Å². The summed E-state index contributed by atoms with van der Waals surface area (Å²) in [7, 11) is 1.69. The third-order valence-electron chi connectivity index (χ3n) is 4.69. The fourth-order valence-electron chi connectivity index (χ4n) is 3.03. The van der Waals surface area contributed by atoms with Crippen molar-refractivity contribution in [2.24, 2.45) is 7.05 Å². The molecule has 150 valence electrons. The standard InChI is InChI=1S/C19H19N5O5/c1-12-9-10-15(24(28)29)18(26)22(12)11-16(25)20-17-13(2)21(3)23(19(17)27)14-7-5-4-6-8-14/h4-10H,11H2,1-3H3,(H,20,25). The fraction of sp³-hybridized carbons (Fsp3) is 0.211. The van der Waals surface area contributed by atoms with Gasteiger partial charge >= 0.3 is 11.2 Å². The number of carbonyl (C=O) groups excluding carboxylic acids is 1. The van der Waals surface area contributed by atoms with Gasteiger partial charge in [0.05, 0.1) is 16.3 Å². The van der Waals surface area contributed by atoms with Crippen molar-refractivity contribution in [1.29, 1.82) is 0 Å². The first-order chi connectivity index (χ1) is 13.7. The topological polar surface area (TPSA) is 121 Å². The van der Waals surface area contributed by atoms with Crippen molar-refractivity contribution >= 4 is 17.3 Å². The number of hydrogen-bond acceptors (Lipinski definition) is 5. The minimum Gasteiger partial charge on any atom is -0.318 e. The highest BCUT2D eigenvalue weighted by atomic mass is 16.6. The van der Waals surface area contributed by atoms with Gasteiger partial charge in [-0.15, -0.1) is 0 Å². The van der Waals surface area contributed by atoms with E-state index in [4.69, 9.17) is 0 Å². The van der Waals surface area contributed by atoms with Crippen LogP contribution < -0.4 is 16.4 Å². The lowest BCUT2D eigenvalue weighted by molar-refractivity contribution is -0.386. The molecular formula is C19H19N5O5. The summed E-state index contributed by atoms with van der Waals surface area (Å²) in [5, 5.41) is 13.5. The van der Waals surface area contributed by atoms with E-state index < -0.39 is 34.2 Å². The molecule has 10 nitrogen and oxygen atoms in total. The van der Waals surface area contributed by atoms with E-state index >= 15 is 0 Å². The maximum Gasteiger partial charge on any atom is 0.334 e. The molecule has 3 rings (SSSR count). The largest absolute Gasteiger partial charge is 0.334 e. The van der Waals surface area contributed by atoms with Gasteiger partial charge < -0.3 is 5.32 Å². The van der Waals surface area contributed by atoms with Gasteiger partial charge in [0.25, 0.3) is 5.56 Å². The van der Waals surface area contributed by atoms with Crippen molar-refractivity contribution in [1.82, 2.24) is 13.9 Å². The zero-order chi connectivity index (χ0) is 21.3. The number of nitrogens with zero attached hydrogens (tertiary/aromatic N) is 4. The Hall–Kier alpha value is -3.95. The van der Waals surface area contributed by atoms with Gasteiger partial charge in [0.15, 0.2) is 0 Å². The summed E-state index contributed by atoms with van der Waals surface area (Å²) in [5.41, 5.74) is -0.292. The van der Waals surface area contributed by atoms with Crippen LogP contribution in [0.5, 0.6) is 0 Å². The summed E-state index contributed by atoms with van der Waals surface area (Å²) < 4.78 is 4.02. The van der Waals surface area contributed by atoms with E-state index in [2.05, 4.69) is 5.32 Å². The van der Waals surface area contributed by atoms with E-state index in [0.29, 0.717) is 17.1 Å². The molecule has 0 aliphatic heterocycles. The van der Waals surface area contributed by atoms with E-state index in [1.165, 1.54) is 10.7 Å². The Morgan fingerprint density at radius 3 is 2.34 bits per heavy atom. The highest BCUT2D eigenvalue weighted by Gasteiger charge is 2.21. The van der Waals surface area contributed by atoms with Gasteiger partial charge in [0, 0.05) is 18.8 Å². The van der Waals surface area contributed by atoms with Gasteiger partial charge in [-0.1, -0.05) is 18.2 Å². The van der Waals surface area contributed by atoms with Gasteiger partial charge in [0.1, 0.15) is 12.2 Å². The Balaban J connectivity index is 1.94. The smallest absolute Gasteiger partial charge is 0.318 e. The van der Waals surface area contributed by atoms with Crippen molar-refractivity contribution in [2.75, 3.05) is 5.32 Å². The molecule has 0 unspecified atom stereocenters. The second kappa shape index (κ2) is 7.58. The van der Waals surface area contributed by atoms with Crippen molar-refractivity contribution in [2.45, 2.75) is 20.4 Å². The first kappa shape index (κ1) is 19.8. The molecule has 0 fully saturated rings. The Kier molecular flexibility index (Phi) is 5.18. The molecule has 2 heterocycles. The molecule has 29 heavy (non-hydrogen) atoms. The minimum absolute atomic E-state index is 0.0810. The summed E-state index contributed by atoms with van der Waals surface area (Å²) in [5.74, 6) is -0.637. The second-order valence-corrected chi connectivity index (χ2v) is 6.49. The Morgan fingerprint density at radius 2 is 1.72 bits per heavy atom. The van der Waals surface area contributed by atoms with Gasteiger partial charge in [-0.25, -0.2) is 4.68 Å². The normalized spacial score (nSPS) is 10.7. The predicted molar refractivity (Wildman–Crippen MR) is 106 cm³/mol. The molecule has 0 aliphatic rings. The summed E-state index contributed by atoms with van der Waals surface area (Å²) in [6.07, 6.45) is 0. The predicted octanol–water partition coefficient (Wildman–Crippen LogP) is 1.50. The molecule has 1 amide bonds. The van der Waals surface area contributed by atoms with Crippen LogP contribution in [0.15, 0.2) is 52.1 Å². The number of nitrogens with one attached hydrogen (secondary N) is 1. The molecule has 0 bridgehead atoms. The summed E-state index contributed by atoms with van der Waals surface area (Å²) in [4.78, 5) is 47.8. The molecule has 0 aliphatic carbocycles. The Labute approximate surface area is 164 Å². The number of aromatic nitrogens is 3. The maximum absolute atomic E-state index is 12.8. The number of benzene rings is 1. The number of aryl methyl sites for hydroxylation is 1. The zero-order valence-electron chi connectivity index (χ0n) is 16.1. The molecule has 1 N–H and O–H groups in total. The monoisotopic (exact) mass is 397 g/mol. The highest BCUT2D eigenvalue weighted by Crippen LogP contribution is 2.14. The summed E-state index contributed by atoms with van der Waals surface area (Å²) in [6.45, 7) is 2.79. The van der Waals surface area contributed by atoms with Crippen molar-refractivity contribution in [3.63, 3.8) is 0 Å². The number of rotatable bonds is 5. The van der Waals surface area contributed by atoms with Crippen LogP contribution in [0.4, 0.5) is 11.4 Å². The lowest BCUT2D eigenvalue weighted by Crippen LogP contribution is -2.31. The molecular weight excluding hydrogens is 378 g/mol. The quantitative estimate of drug-likeness (QED) is 0.517. The zero-order valence-corrected chi connectivity index (χ0v) is 16.1. The highest BCUT2D eigenvalue weighted by molar-refractivity contribution is 5.91. The van der Waals surface area contributed by atoms with E-state index in [1.807, 2.05) is 6.07 Å². The molecule has 0 saturated carbocycles. The van der Waals surface area contributed by atoms with Crippen LogP contribution in [-0.2, 0) is 18.4 Å². The van der Waals surface area contributed by atoms with Crippen LogP contribution in [0.1, 0.15) is 11.4 Å². The van der Waals surface area contributed by atoms with Crippen LogP contribution in [0.25, 0.3) is 5.69 Å². The number of amides is 1. The molecule has 2 aromatic heterocycles. The van der Waals surface area contributed by atoms with Crippen LogP contribution >= 0.6 is 0 Å². The molecule has 0 radical (unpaired) electrons. The molecule has 0 atom stereocenters. The number of hydrogen-bond donors (Lipinski definition) is 1. The average Bonchev–Trinajstić information content (AvgIpc) is 2.89.